The first-order valence-electron chi connectivity index (χ1n) is 19.5. The molecule has 6 atom stereocenters. The Morgan fingerprint density at radius 1 is 0.467 bits per heavy atom. The number of primary amides is 1. The third-order valence-corrected chi connectivity index (χ3v) is 8.63. The maximum absolute atomic E-state index is 13.9. The van der Waals surface area contributed by atoms with Gasteiger partial charge in [-0.05, 0) is 83.7 Å². The lowest BCUT2D eigenvalue weighted by Gasteiger charge is -2.27. The van der Waals surface area contributed by atoms with E-state index in [9.17, 15) is 48.6 Å². The fourth-order valence-electron chi connectivity index (χ4n) is 5.42. The summed E-state index contributed by atoms with van der Waals surface area (Å²) in [5.74, 6) is -7.84. The Bertz CT molecular complexity index is 1460. The molecule has 0 aliphatic heterocycles. The molecule has 0 bridgehead atoms. The molecule has 0 saturated carbocycles. The number of nitrogens with one attached hydrogen (secondary N) is 6. The van der Waals surface area contributed by atoms with E-state index in [4.69, 9.17) is 45.9 Å². The number of aliphatic hydroxyl groups excluding tert-OH is 1. The summed E-state index contributed by atoms with van der Waals surface area (Å²) in [6.07, 6.45) is 1.41. The lowest BCUT2D eigenvalue weighted by molar-refractivity contribution is -0.143. The predicted octanol–water partition coefficient (Wildman–Crippen LogP) is -7.44. The van der Waals surface area contributed by atoms with Crippen molar-refractivity contribution in [1.29, 1.82) is 0 Å². The molecule has 6 unspecified atom stereocenters. The Morgan fingerprint density at radius 2 is 0.817 bits per heavy atom. The third-order valence-electron chi connectivity index (χ3n) is 8.63. The van der Waals surface area contributed by atoms with Crippen LogP contribution in [0, 0.1) is 0 Å². The number of aliphatic hydroxyl groups is 1. The summed E-state index contributed by atoms with van der Waals surface area (Å²) in [7, 11) is 0. The Balaban J connectivity index is 6.51. The van der Waals surface area contributed by atoms with E-state index in [1.165, 1.54) is 0 Å². The van der Waals surface area contributed by atoms with Gasteiger partial charge in [0.25, 0.3) is 0 Å². The first-order chi connectivity index (χ1) is 28.4. The lowest BCUT2D eigenvalue weighted by atomic mass is 10.0. The number of carboxylic acid groups (broad SMARTS) is 1. The van der Waals surface area contributed by atoms with Gasteiger partial charge in [-0.1, -0.05) is 0 Å². The zero-order valence-electron chi connectivity index (χ0n) is 33.9. The second-order valence-electron chi connectivity index (χ2n) is 13.6. The van der Waals surface area contributed by atoms with Crippen molar-refractivity contribution < 1.29 is 48.6 Å². The summed E-state index contributed by atoms with van der Waals surface area (Å²) in [5.41, 5.74) is 43.5. The Hall–Kier alpha value is -5.86. The molecule has 0 rings (SSSR count). The normalized spacial score (nSPS) is 13.7. The topological polar surface area (TPSA) is 482 Å². The summed E-state index contributed by atoms with van der Waals surface area (Å²) >= 11 is 0. The van der Waals surface area contributed by atoms with Gasteiger partial charge in [0.2, 0.25) is 41.4 Å². The van der Waals surface area contributed by atoms with Gasteiger partial charge in [0.1, 0.15) is 36.3 Å². The molecule has 7 amide bonds. The summed E-state index contributed by atoms with van der Waals surface area (Å²) in [6, 6.07) is -8.38. The molecule has 0 aliphatic rings. The first-order valence-corrected chi connectivity index (χ1v) is 19.5. The number of hydrogen-bond donors (Lipinski definition) is 16. The van der Waals surface area contributed by atoms with E-state index in [1.807, 2.05) is 0 Å². The number of carbonyl (C=O) groups is 8. The van der Waals surface area contributed by atoms with E-state index in [2.05, 4.69) is 41.9 Å². The van der Waals surface area contributed by atoms with E-state index in [1.54, 1.807) is 0 Å². The maximum Gasteiger partial charge on any atom is 0.326 e. The molecule has 0 saturated heterocycles. The number of aliphatic imine (C=N–C) groups is 2. The first kappa shape index (κ1) is 54.1. The van der Waals surface area contributed by atoms with Crippen molar-refractivity contribution in [3.05, 3.63) is 0 Å². The monoisotopic (exact) mass is 859 g/mol. The van der Waals surface area contributed by atoms with Gasteiger partial charge in [-0.15, -0.1) is 0 Å². The van der Waals surface area contributed by atoms with Crippen LogP contribution in [0.25, 0.3) is 0 Å². The average Bonchev–Trinajstić information content (AvgIpc) is 3.19. The standard InChI is InChI=1S/C34H66N16O10/c35-13-3-1-7-19(45-26(53)17-37)27(54)47-21(9-5-15-43-33(39)40)29(56)46-20(8-2-4-14-36)28(55)48-22(10-6-16-44-34(41)42)30(57)50-24(18-51)31(58)49-23(32(59)60)11-12-25(38)52/h19-24,51H,1-18,35-37H2,(H2,38,52)(H,45,53)(H,46,56)(H,47,54)(H,48,55)(H,49,58)(H,50,57)(H,59,60)(H4,39,40,43)(H4,41,42,44). The van der Waals surface area contributed by atoms with Crippen LogP contribution in [0.15, 0.2) is 9.98 Å². The summed E-state index contributed by atoms with van der Waals surface area (Å²) in [4.78, 5) is 111. The number of amides is 7. The van der Waals surface area contributed by atoms with E-state index in [0.717, 1.165) is 0 Å². The SMILES string of the molecule is NCCCCC(NC(=O)CN)C(=O)NC(CCCN=C(N)N)C(=O)NC(CCCCN)C(=O)NC(CCCN=C(N)N)C(=O)NC(CO)C(=O)NC(CCC(N)=O)C(=O)O. The predicted molar refractivity (Wildman–Crippen MR) is 219 cm³/mol. The van der Waals surface area contributed by atoms with Crippen molar-refractivity contribution in [2.45, 2.75) is 113 Å². The molecule has 26 heteroatoms. The lowest BCUT2D eigenvalue weighted by Crippen LogP contribution is -2.60. The van der Waals surface area contributed by atoms with Crippen molar-refractivity contribution in [2.75, 3.05) is 39.3 Å². The van der Waals surface area contributed by atoms with Crippen molar-refractivity contribution >= 4 is 59.2 Å². The molecule has 60 heavy (non-hydrogen) atoms. The largest absolute Gasteiger partial charge is 0.480 e. The molecule has 0 aromatic carbocycles. The van der Waals surface area contributed by atoms with Crippen LogP contribution < -0.4 is 77.8 Å². The van der Waals surface area contributed by atoms with Crippen LogP contribution in [-0.4, -0.2) is 145 Å². The highest BCUT2D eigenvalue weighted by molar-refractivity contribution is 5.97. The zero-order chi connectivity index (χ0) is 45.6. The van der Waals surface area contributed by atoms with Crippen LogP contribution in [0.2, 0.25) is 0 Å². The number of hydrogen-bond acceptors (Lipinski definition) is 14. The summed E-state index contributed by atoms with van der Waals surface area (Å²) in [5, 5.41) is 34.2. The van der Waals surface area contributed by atoms with Gasteiger partial charge in [-0.3, -0.25) is 43.5 Å². The van der Waals surface area contributed by atoms with Crippen molar-refractivity contribution in [1.82, 2.24) is 31.9 Å². The van der Waals surface area contributed by atoms with Crippen molar-refractivity contribution in [2.24, 2.45) is 55.9 Å². The van der Waals surface area contributed by atoms with Gasteiger partial charge in [0.15, 0.2) is 11.9 Å². The minimum Gasteiger partial charge on any atom is -0.480 e. The number of guanidine groups is 2. The Labute approximate surface area is 347 Å². The van der Waals surface area contributed by atoms with E-state index in [0.29, 0.717) is 32.2 Å². The number of nitrogens with zero attached hydrogens (tertiary/aromatic N) is 2. The Kier molecular flexibility index (Phi) is 28.1. The van der Waals surface area contributed by atoms with Crippen LogP contribution in [0.5, 0.6) is 0 Å². The smallest absolute Gasteiger partial charge is 0.326 e. The van der Waals surface area contributed by atoms with Crippen molar-refractivity contribution in [3.63, 3.8) is 0 Å². The maximum atomic E-state index is 13.9. The van der Waals surface area contributed by atoms with Gasteiger partial charge in [0, 0.05) is 19.5 Å². The van der Waals surface area contributed by atoms with Crippen LogP contribution in [-0.2, 0) is 38.4 Å². The zero-order valence-corrected chi connectivity index (χ0v) is 33.9. The highest BCUT2D eigenvalue weighted by Gasteiger charge is 2.33. The van der Waals surface area contributed by atoms with E-state index >= 15 is 0 Å². The molecule has 0 aromatic heterocycles. The number of nitrogens with two attached hydrogens (primary N) is 8. The van der Waals surface area contributed by atoms with E-state index < -0.39 is 96.7 Å². The van der Waals surface area contributed by atoms with Crippen LogP contribution in [0.3, 0.4) is 0 Å². The molecular formula is C34H66N16O10. The second kappa shape index (κ2) is 31.1. The van der Waals surface area contributed by atoms with Crippen LogP contribution >= 0.6 is 0 Å². The summed E-state index contributed by atoms with van der Waals surface area (Å²) < 4.78 is 0. The molecule has 0 heterocycles. The molecule has 0 aliphatic carbocycles. The van der Waals surface area contributed by atoms with Gasteiger partial charge in [-0.25, -0.2) is 4.79 Å². The molecule has 0 fully saturated rings. The quantitative estimate of drug-likeness (QED) is 0.0166. The van der Waals surface area contributed by atoms with E-state index in [-0.39, 0.29) is 82.9 Å². The van der Waals surface area contributed by atoms with Gasteiger partial charge >= 0.3 is 5.97 Å². The van der Waals surface area contributed by atoms with Gasteiger partial charge in [0.05, 0.1) is 13.2 Å². The summed E-state index contributed by atoms with van der Waals surface area (Å²) in [6.45, 7) is -0.703. The van der Waals surface area contributed by atoms with Crippen LogP contribution in [0.1, 0.15) is 77.0 Å². The fourth-order valence-corrected chi connectivity index (χ4v) is 5.42. The third kappa shape index (κ3) is 24.2. The molecule has 24 N–H and O–H groups in total. The molecule has 0 aromatic rings. The number of aliphatic carboxylic acids is 1. The van der Waals surface area contributed by atoms with Gasteiger partial charge in [-0.2, -0.15) is 0 Å². The number of rotatable bonds is 33. The number of carbonyl (C=O) groups excluding carboxylic acids is 7. The average molecular weight is 859 g/mol. The minimum atomic E-state index is -1.71. The molecular weight excluding hydrogens is 792 g/mol. The highest BCUT2D eigenvalue weighted by atomic mass is 16.4. The number of unbranched alkanes of at least 4 members (excludes halogenated alkanes) is 2. The fraction of sp³-hybridized carbons (Fsp3) is 0.706. The molecule has 0 radical (unpaired) electrons. The Morgan fingerprint density at radius 3 is 1.15 bits per heavy atom. The highest BCUT2D eigenvalue weighted by Crippen LogP contribution is 2.09. The molecule has 0 spiro atoms. The van der Waals surface area contributed by atoms with Gasteiger partial charge < -0.3 is 88.0 Å². The second-order valence-corrected chi connectivity index (χ2v) is 13.6. The minimum absolute atomic E-state index is 0.0163. The van der Waals surface area contributed by atoms with Crippen LogP contribution in [0.4, 0.5) is 0 Å². The molecule has 342 valence electrons. The molecule has 26 nitrogen and oxygen atoms in total. The van der Waals surface area contributed by atoms with Crippen molar-refractivity contribution in [3.8, 4) is 0 Å². The number of carboxylic acids is 1.